The monoisotopic (exact) mass is 247 g/mol. The molecule has 2 nitrogen and oxygen atoms in total. The Balaban J connectivity index is 2.20. The highest BCUT2D eigenvalue weighted by Gasteiger charge is 2.09. The molecule has 0 aliphatic heterocycles. The lowest BCUT2D eigenvalue weighted by molar-refractivity contribution is -0.118. The minimum Gasteiger partial charge on any atom is -0.316 e. The fourth-order valence-electron chi connectivity index (χ4n) is 2.02. The molecular formula is C16H25NO. The maximum absolute atomic E-state index is 12.0. The number of unbranched alkanes of at least 4 members (excludes halogenated alkanes) is 5. The van der Waals surface area contributed by atoms with Crippen molar-refractivity contribution < 1.29 is 4.79 Å². The Morgan fingerprint density at radius 3 is 2.28 bits per heavy atom. The van der Waals surface area contributed by atoms with E-state index in [1.54, 1.807) is 4.90 Å². The normalized spacial score (nSPS) is 10.3. The summed E-state index contributed by atoms with van der Waals surface area (Å²) in [6.07, 6.45) is 8.01. The highest BCUT2D eigenvalue weighted by molar-refractivity contribution is 5.92. The summed E-state index contributed by atoms with van der Waals surface area (Å²) in [5, 5.41) is 0. The van der Waals surface area contributed by atoms with Crippen molar-refractivity contribution in [1.82, 2.24) is 0 Å². The molecule has 0 saturated heterocycles. The molecule has 100 valence electrons. The number of benzene rings is 1. The van der Waals surface area contributed by atoms with Crippen LogP contribution in [0.25, 0.3) is 0 Å². The summed E-state index contributed by atoms with van der Waals surface area (Å²) in [6, 6.07) is 9.83. The standard InChI is InChI=1S/C16H25NO/c1-3-4-5-6-7-11-14-16(18)17(2)15-12-9-8-10-13-15/h8-10,12-13H,3-7,11,14H2,1-2H3. The zero-order valence-corrected chi connectivity index (χ0v) is 11.7. The van der Waals surface area contributed by atoms with E-state index >= 15 is 0 Å². The molecule has 2 heteroatoms. The number of anilines is 1. The van der Waals surface area contributed by atoms with E-state index in [-0.39, 0.29) is 5.91 Å². The van der Waals surface area contributed by atoms with Crippen LogP contribution in [0.3, 0.4) is 0 Å². The molecule has 0 aliphatic rings. The first-order chi connectivity index (χ1) is 8.75. The maximum Gasteiger partial charge on any atom is 0.226 e. The lowest BCUT2D eigenvalue weighted by Crippen LogP contribution is -2.25. The van der Waals surface area contributed by atoms with Crippen molar-refractivity contribution in [3.05, 3.63) is 30.3 Å². The minimum absolute atomic E-state index is 0.219. The highest BCUT2D eigenvalue weighted by Crippen LogP contribution is 2.14. The first kappa shape index (κ1) is 14.7. The number of rotatable bonds is 8. The van der Waals surface area contributed by atoms with Crippen molar-refractivity contribution in [2.24, 2.45) is 0 Å². The Bertz CT molecular complexity index is 334. The van der Waals surface area contributed by atoms with Crippen LogP contribution in [0.2, 0.25) is 0 Å². The van der Waals surface area contributed by atoms with Gasteiger partial charge in [0.15, 0.2) is 0 Å². The summed E-state index contributed by atoms with van der Waals surface area (Å²) >= 11 is 0. The van der Waals surface area contributed by atoms with Crippen LogP contribution in [-0.2, 0) is 4.79 Å². The van der Waals surface area contributed by atoms with Crippen LogP contribution in [0.15, 0.2) is 30.3 Å². The summed E-state index contributed by atoms with van der Waals surface area (Å²) in [5.41, 5.74) is 0.980. The van der Waals surface area contributed by atoms with E-state index in [1.165, 1.54) is 32.1 Å². The van der Waals surface area contributed by atoms with Crippen molar-refractivity contribution in [2.75, 3.05) is 11.9 Å². The number of para-hydroxylation sites is 1. The molecule has 0 fully saturated rings. The third-order valence-electron chi connectivity index (χ3n) is 3.26. The van der Waals surface area contributed by atoms with Crippen LogP contribution in [-0.4, -0.2) is 13.0 Å². The van der Waals surface area contributed by atoms with Crippen LogP contribution in [0.1, 0.15) is 51.9 Å². The average molecular weight is 247 g/mol. The molecule has 0 saturated carbocycles. The van der Waals surface area contributed by atoms with Gasteiger partial charge < -0.3 is 4.90 Å². The minimum atomic E-state index is 0.219. The summed E-state index contributed by atoms with van der Waals surface area (Å²) in [6.45, 7) is 2.22. The fraction of sp³-hybridized carbons (Fsp3) is 0.562. The maximum atomic E-state index is 12.0. The first-order valence-corrected chi connectivity index (χ1v) is 7.07. The molecule has 1 aromatic rings. The Kier molecular flexibility index (Phi) is 7.16. The van der Waals surface area contributed by atoms with Crippen molar-refractivity contribution in [2.45, 2.75) is 51.9 Å². The van der Waals surface area contributed by atoms with Gasteiger partial charge >= 0.3 is 0 Å². The van der Waals surface area contributed by atoms with E-state index in [9.17, 15) is 4.79 Å². The summed E-state index contributed by atoms with van der Waals surface area (Å²) in [5.74, 6) is 0.219. The Hall–Kier alpha value is -1.31. The summed E-state index contributed by atoms with van der Waals surface area (Å²) in [4.78, 5) is 13.7. The fourth-order valence-corrected chi connectivity index (χ4v) is 2.02. The van der Waals surface area contributed by atoms with E-state index in [2.05, 4.69) is 6.92 Å². The average Bonchev–Trinajstić information content (AvgIpc) is 2.42. The first-order valence-electron chi connectivity index (χ1n) is 7.07. The molecular weight excluding hydrogens is 222 g/mol. The van der Waals surface area contributed by atoms with Gasteiger partial charge in [-0.05, 0) is 18.6 Å². The van der Waals surface area contributed by atoms with Crippen LogP contribution in [0.5, 0.6) is 0 Å². The van der Waals surface area contributed by atoms with Crippen LogP contribution in [0.4, 0.5) is 5.69 Å². The van der Waals surface area contributed by atoms with Gasteiger partial charge in [-0.1, -0.05) is 57.2 Å². The predicted molar refractivity (Wildman–Crippen MR) is 77.8 cm³/mol. The number of carbonyl (C=O) groups excluding carboxylic acids is 1. The quantitative estimate of drug-likeness (QED) is 0.623. The van der Waals surface area contributed by atoms with Crippen molar-refractivity contribution in [1.29, 1.82) is 0 Å². The molecule has 0 aliphatic carbocycles. The van der Waals surface area contributed by atoms with Gasteiger partial charge in [-0.3, -0.25) is 4.79 Å². The van der Waals surface area contributed by atoms with Gasteiger partial charge in [-0.2, -0.15) is 0 Å². The Labute approximate surface area is 111 Å². The molecule has 0 bridgehead atoms. The van der Waals surface area contributed by atoms with Crippen molar-refractivity contribution >= 4 is 11.6 Å². The van der Waals surface area contributed by atoms with E-state index < -0.39 is 0 Å². The molecule has 18 heavy (non-hydrogen) atoms. The van der Waals surface area contributed by atoms with Gasteiger partial charge in [0.25, 0.3) is 0 Å². The zero-order valence-electron chi connectivity index (χ0n) is 11.7. The van der Waals surface area contributed by atoms with E-state index in [0.29, 0.717) is 6.42 Å². The largest absolute Gasteiger partial charge is 0.316 e. The Morgan fingerprint density at radius 2 is 1.61 bits per heavy atom. The Morgan fingerprint density at radius 1 is 1.00 bits per heavy atom. The molecule has 0 heterocycles. The van der Waals surface area contributed by atoms with Gasteiger partial charge in [-0.25, -0.2) is 0 Å². The molecule has 1 amide bonds. The van der Waals surface area contributed by atoms with Crippen LogP contribution >= 0.6 is 0 Å². The third-order valence-corrected chi connectivity index (χ3v) is 3.26. The second-order valence-electron chi connectivity index (χ2n) is 4.81. The molecule has 0 spiro atoms. The number of carbonyl (C=O) groups is 1. The summed E-state index contributed by atoms with van der Waals surface area (Å²) < 4.78 is 0. The second kappa shape index (κ2) is 8.73. The van der Waals surface area contributed by atoms with Crippen LogP contribution < -0.4 is 4.90 Å². The topological polar surface area (TPSA) is 20.3 Å². The highest BCUT2D eigenvalue weighted by atomic mass is 16.2. The lowest BCUT2D eigenvalue weighted by Gasteiger charge is -2.17. The number of hydrogen-bond acceptors (Lipinski definition) is 1. The predicted octanol–water partition coefficient (Wildman–Crippen LogP) is 4.40. The zero-order chi connectivity index (χ0) is 13.2. The van der Waals surface area contributed by atoms with Crippen molar-refractivity contribution in [3.8, 4) is 0 Å². The van der Waals surface area contributed by atoms with E-state index in [1.807, 2.05) is 37.4 Å². The molecule has 0 radical (unpaired) electrons. The number of amides is 1. The van der Waals surface area contributed by atoms with Gasteiger partial charge in [0, 0.05) is 19.2 Å². The number of hydrogen-bond donors (Lipinski definition) is 0. The van der Waals surface area contributed by atoms with Crippen LogP contribution in [0, 0.1) is 0 Å². The smallest absolute Gasteiger partial charge is 0.226 e. The number of nitrogens with zero attached hydrogens (tertiary/aromatic N) is 1. The SMILES string of the molecule is CCCCCCCCC(=O)N(C)c1ccccc1. The molecule has 0 unspecified atom stereocenters. The summed E-state index contributed by atoms with van der Waals surface area (Å²) in [7, 11) is 1.86. The van der Waals surface area contributed by atoms with Gasteiger partial charge in [-0.15, -0.1) is 0 Å². The second-order valence-corrected chi connectivity index (χ2v) is 4.81. The third kappa shape index (κ3) is 5.35. The molecule has 1 aromatic carbocycles. The van der Waals surface area contributed by atoms with E-state index in [0.717, 1.165) is 12.1 Å². The molecule has 0 aromatic heterocycles. The molecule has 0 N–H and O–H groups in total. The molecule has 0 atom stereocenters. The van der Waals surface area contributed by atoms with E-state index in [4.69, 9.17) is 0 Å². The van der Waals surface area contributed by atoms with Gasteiger partial charge in [0.05, 0.1) is 0 Å². The lowest BCUT2D eigenvalue weighted by atomic mass is 10.1. The van der Waals surface area contributed by atoms with Crippen molar-refractivity contribution in [3.63, 3.8) is 0 Å². The molecule has 1 rings (SSSR count). The van der Waals surface area contributed by atoms with Gasteiger partial charge in [0.2, 0.25) is 5.91 Å². The van der Waals surface area contributed by atoms with Gasteiger partial charge in [0.1, 0.15) is 0 Å².